The van der Waals surface area contributed by atoms with Gasteiger partial charge in [-0.25, -0.2) is 4.39 Å². The van der Waals surface area contributed by atoms with Crippen molar-refractivity contribution in [3.05, 3.63) is 35.6 Å². The molecule has 0 saturated heterocycles. The van der Waals surface area contributed by atoms with E-state index in [1.807, 2.05) is 0 Å². The third kappa shape index (κ3) is 3.66. The van der Waals surface area contributed by atoms with Crippen LogP contribution in [0.25, 0.3) is 0 Å². The van der Waals surface area contributed by atoms with Crippen LogP contribution in [0.2, 0.25) is 0 Å². The first-order chi connectivity index (χ1) is 8.06. The lowest BCUT2D eigenvalue weighted by atomic mass is 9.96. The number of Topliss-reactive ketones (excluding diaryl/α,β-unsaturated/α-hetero) is 1. The number of ether oxygens (including phenoxy) is 1. The zero-order valence-electron chi connectivity index (χ0n) is 9.90. The van der Waals surface area contributed by atoms with E-state index in [1.165, 1.54) is 18.2 Å². The van der Waals surface area contributed by atoms with Crippen LogP contribution in [-0.2, 0) is 9.53 Å². The Balaban J connectivity index is 2.70. The molecule has 0 heterocycles. The number of esters is 1. The van der Waals surface area contributed by atoms with Crippen LogP contribution in [0.1, 0.15) is 30.6 Å². The van der Waals surface area contributed by atoms with E-state index in [0.29, 0.717) is 0 Å². The molecular weight excluding hydrogens is 223 g/mol. The van der Waals surface area contributed by atoms with Crippen molar-refractivity contribution in [1.82, 2.24) is 0 Å². The third-order valence-corrected chi connectivity index (χ3v) is 2.37. The first kappa shape index (κ1) is 13.4. The predicted molar refractivity (Wildman–Crippen MR) is 61.1 cm³/mol. The van der Waals surface area contributed by atoms with E-state index in [4.69, 9.17) is 4.74 Å². The molecule has 3 nitrogen and oxygen atoms in total. The van der Waals surface area contributed by atoms with Gasteiger partial charge >= 0.3 is 5.97 Å². The number of hydrogen-bond donors (Lipinski definition) is 0. The van der Waals surface area contributed by atoms with Gasteiger partial charge in [0, 0.05) is 5.92 Å². The van der Waals surface area contributed by atoms with Gasteiger partial charge in [-0.15, -0.1) is 0 Å². The molecule has 1 atom stereocenters. The first-order valence-electron chi connectivity index (χ1n) is 5.50. The second-order valence-electron chi connectivity index (χ2n) is 3.75. The smallest absolute Gasteiger partial charge is 0.306 e. The molecular formula is C13H15FO3. The summed E-state index contributed by atoms with van der Waals surface area (Å²) in [6.07, 6.45) is -0.0268. The van der Waals surface area contributed by atoms with Crippen molar-refractivity contribution >= 4 is 11.8 Å². The Labute approximate surface area is 99.6 Å². The molecule has 1 unspecified atom stereocenters. The Morgan fingerprint density at radius 2 is 2.00 bits per heavy atom. The van der Waals surface area contributed by atoms with Crippen LogP contribution in [0.3, 0.4) is 0 Å². The largest absolute Gasteiger partial charge is 0.466 e. The second-order valence-corrected chi connectivity index (χ2v) is 3.75. The van der Waals surface area contributed by atoms with Crippen molar-refractivity contribution in [3.63, 3.8) is 0 Å². The number of ketones is 1. The molecule has 4 heteroatoms. The van der Waals surface area contributed by atoms with E-state index in [-0.39, 0.29) is 24.4 Å². The van der Waals surface area contributed by atoms with Gasteiger partial charge in [0.1, 0.15) is 5.82 Å². The topological polar surface area (TPSA) is 43.4 Å². The van der Waals surface area contributed by atoms with Gasteiger partial charge in [-0.2, -0.15) is 0 Å². The van der Waals surface area contributed by atoms with Gasteiger partial charge in [0.15, 0.2) is 5.78 Å². The third-order valence-electron chi connectivity index (χ3n) is 2.37. The van der Waals surface area contributed by atoms with E-state index < -0.39 is 17.7 Å². The van der Waals surface area contributed by atoms with Crippen molar-refractivity contribution in [2.75, 3.05) is 6.61 Å². The summed E-state index contributed by atoms with van der Waals surface area (Å²) in [4.78, 5) is 23.1. The Bertz CT molecular complexity index is 415. The van der Waals surface area contributed by atoms with Gasteiger partial charge in [-0.05, 0) is 19.1 Å². The molecule has 0 aliphatic carbocycles. The number of hydrogen-bond acceptors (Lipinski definition) is 3. The Morgan fingerprint density at radius 3 is 2.59 bits per heavy atom. The average molecular weight is 238 g/mol. The number of halogens is 1. The maximum absolute atomic E-state index is 13.3. The van der Waals surface area contributed by atoms with E-state index in [1.54, 1.807) is 19.9 Å². The highest BCUT2D eigenvalue weighted by molar-refractivity contribution is 5.99. The minimum absolute atomic E-state index is 0.0179. The Kier molecular flexibility index (Phi) is 4.82. The summed E-state index contributed by atoms with van der Waals surface area (Å²) in [7, 11) is 0. The minimum Gasteiger partial charge on any atom is -0.466 e. The van der Waals surface area contributed by atoms with Crippen LogP contribution in [0.4, 0.5) is 4.39 Å². The number of benzene rings is 1. The number of carbonyl (C=O) groups is 2. The van der Waals surface area contributed by atoms with E-state index in [2.05, 4.69) is 0 Å². The summed E-state index contributed by atoms with van der Waals surface area (Å²) in [6, 6.07) is 5.75. The average Bonchev–Trinajstić information content (AvgIpc) is 2.29. The SMILES string of the molecule is CCOC(=O)CC(C)C(=O)c1ccccc1F. The molecule has 0 aliphatic rings. The highest BCUT2D eigenvalue weighted by atomic mass is 19.1. The molecule has 0 bridgehead atoms. The fourth-order valence-electron chi connectivity index (χ4n) is 1.49. The second kappa shape index (κ2) is 6.13. The molecule has 0 radical (unpaired) electrons. The maximum atomic E-state index is 13.3. The van der Waals surface area contributed by atoms with E-state index >= 15 is 0 Å². The first-order valence-corrected chi connectivity index (χ1v) is 5.50. The lowest BCUT2D eigenvalue weighted by Crippen LogP contribution is -2.18. The van der Waals surface area contributed by atoms with Gasteiger partial charge in [0.2, 0.25) is 0 Å². The maximum Gasteiger partial charge on any atom is 0.306 e. The summed E-state index contributed by atoms with van der Waals surface area (Å²) < 4.78 is 18.1. The molecule has 0 amide bonds. The molecule has 0 spiro atoms. The Morgan fingerprint density at radius 1 is 1.35 bits per heavy atom. The highest BCUT2D eigenvalue weighted by Gasteiger charge is 2.21. The summed E-state index contributed by atoms with van der Waals surface area (Å²) in [5.41, 5.74) is 0.0179. The zero-order valence-corrected chi connectivity index (χ0v) is 9.90. The summed E-state index contributed by atoms with van der Waals surface area (Å²) in [6.45, 7) is 3.56. The monoisotopic (exact) mass is 238 g/mol. The van der Waals surface area contributed by atoms with Gasteiger partial charge in [0.05, 0.1) is 18.6 Å². The van der Waals surface area contributed by atoms with Crippen LogP contribution in [0, 0.1) is 11.7 Å². The fourth-order valence-corrected chi connectivity index (χ4v) is 1.49. The molecule has 0 saturated carbocycles. The molecule has 17 heavy (non-hydrogen) atoms. The molecule has 0 fully saturated rings. The van der Waals surface area contributed by atoms with Crippen LogP contribution in [0.5, 0.6) is 0 Å². The quantitative estimate of drug-likeness (QED) is 0.585. The summed E-state index contributed by atoms with van der Waals surface area (Å²) in [5, 5.41) is 0. The van der Waals surface area contributed by atoms with Crippen molar-refractivity contribution < 1.29 is 18.7 Å². The van der Waals surface area contributed by atoms with Gasteiger partial charge < -0.3 is 4.74 Å². The molecule has 92 valence electrons. The normalized spacial score (nSPS) is 11.9. The van der Waals surface area contributed by atoms with Crippen molar-refractivity contribution in [2.24, 2.45) is 5.92 Å². The molecule has 0 aliphatic heterocycles. The van der Waals surface area contributed by atoms with Crippen LogP contribution < -0.4 is 0 Å². The van der Waals surface area contributed by atoms with Gasteiger partial charge in [-0.1, -0.05) is 19.1 Å². The molecule has 1 rings (SSSR count). The lowest BCUT2D eigenvalue weighted by molar-refractivity contribution is -0.143. The molecule has 1 aromatic rings. The predicted octanol–water partition coefficient (Wildman–Crippen LogP) is 2.60. The van der Waals surface area contributed by atoms with Crippen LogP contribution in [-0.4, -0.2) is 18.4 Å². The summed E-state index contributed by atoms with van der Waals surface area (Å²) >= 11 is 0. The zero-order chi connectivity index (χ0) is 12.8. The van der Waals surface area contributed by atoms with Gasteiger partial charge in [0.25, 0.3) is 0 Å². The number of carbonyl (C=O) groups excluding carboxylic acids is 2. The van der Waals surface area contributed by atoms with Crippen LogP contribution >= 0.6 is 0 Å². The molecule has 0 aromatic heterocycles. The minimum atomic E-state index is -0.578. The van der Waals surface area contributed by atoms with E-state index in [9.17, 15) is 14.0 Å². The van der Waals surface area contributed by atoms with Crippen molar-refractivity contribution in [2.45, 2.75) is 20.3 Å². The van der Waals surface area contributed by atoms with Crippen LogP contribution in [0.15, 0.2) is 24.3 Å². The van der Waals surface area contributed by atoms with Crippen molar-refractivity contribution in [1.29, 1.82) is 0 Å². The summed E-state index contributed by atoms with van der Waals surface area (Å²) in [5.74, 6) is -1.96. The lowest BCUT2D eigenvalue weighted by Gasteiger charge is -2.10. The van der Waals surface area contributed by atoms with E-state index in [0.717, 1.165) is 0 Å². The highest BCUT2D eigenvalue weighted by Crippen LogP contribution is 2.15. The fraction of sp³-hybridized carbons (Fsp3) is 0.385. The number of rotatable bonds is 5. The van der Waals surface area contributed by atoms with Crippen molar-refractivity contribution in [3.8, 4) is 0 Å². The molecule has 0 N–H and O–H groups in total. The van der Waals surface area contributed by atoms with Gasteiger partial charge in [-0.3, -0.25) is 9.59 Å². The Hall–Kier alpha value is -1.71. The standard InChI is InChI=1S/C13H15FO3/c1-3-17-12(15)8-9(2)13(16)10-6-4-5-7-11(10)14/h4-7,9H,3,8H2,1-2H3. The molecule has 1 aromatic carbocycles.